The molecule has 0 bridgehead atoms. The second kappa shape index (κ2) is 12.9. The number of carbonyl (C=O) groups is 2. The fourth-order valence-electron chi connectivity index (χ4n) is 1.62. The maximum atomic E-state index is 11.0. The van der Waals surface area contributed by atoms with Crippen LogP contribution >= 0.6 is 46.3 Å². The predicted octanol–water partition coefficient (Wildman–Crippen LogP) is 3.28. The second-order valence-electron chi connectivity index (χ2n) is 4.72. The Morgan fingerprint density at radius 3 is 2.55 bits per heavy atom. The summed E-state index contributed by atoms with van der Waals surface area (Å²) in [5.74, 6) is -0.0251. The van der Waals surface area contributed by atoms with E-state index in [4.69, 9.17) is 32.8 Å². The van der Waals surface area contributed by atoms with E-state index in [-0.39, 0.29) is 33.9 Å². The van der Waals surface area contributed by atoms with Gasteiger partial charge in [0.15, 0.2) is 11.4 Å². The molecule has 0 unspecified atom stereocenters. The molecular formula is C16H12Cl2N4O5S2. The molecule has 9 nitrogen and oxygen atoms in total. The highest BCUT2D eigenvalue weighted by Crippen LogP contribution is 2.24. The Morgan fingerprint density at radius 1 is 1.28 bits per heavy atom. The smallest absolute Gasteiger partial charge is 0.373 e. The number of hydrogen-bond acceptors (Lipinski definition) is 11. The number of carbonyl (C=O) groups excluding carboxylic acids is 4. The summed E-state index contributed by atoms with van der Waals surface area (Å²) >= 11 is 13.7. The molecular weight excluding hydrogens is 463 g/mol. The van der Waals surface area contributed by atoms with Crippen LogP contribution in [0.3, 0.4) is 0 Å². The van der Waals surface area contributed by atoms with Gasteiger partial charge in [0.05, 0.1) is 18.4 Å². The number of fused-ring (bicyclic) bond motifs is 1. The van der Waals surface area contributed by atoms with Crippen LogP contribution in [0.1, 0.15) is 15.2 Å². The number of rotatable bonds is 4. The number of thiophene rings is 1. The van der Waals surface area contributed by atoms with Gasteiger partial charge in [-0.1, -0.05) is 23.4 Å². The molecule has 0 spiro atoms. The molecule has 29 heavy (non-hydrogen) atoms. The Bertz CT molecular complexity index is 1030. The number of aryl methyl sites for hydroxylation is 1. The number of esters is 1. The molecule has 152 valence electrons. The Labute approximate surface area is 182 Å². The zero-order chi connectivity index (χ0) is 21.8. The third kappa shape index (κ3) is 8.63. The SMILES string of the molecule is COC(=O)CSc1ncc2cc(C)sc2n1.O=C=O.O=Cc1cnc(Cl)nc1Cl. The summed E-state index contributed by atoms with van der Waals surface area (Å²) < 4.78 is 4.55. The van der Waals surface area contributed by atoms with E-state index in [0.29, 0.717) is 11.4 Å². The lowest BCUT2D eigenvalue weighted by Gasteiger charge is -1.98. The van der Waals surface area contributed by atoms with Crippen molar-refractivity contribution in [1.29, 1.82) is 0 Å². The molecule has 0 saturated carbocycles. The Balaban J connectivity index is 0.000000277. The van der Waals surface area contributed by atoms with Crippen LogP contribution in [-0.4, -0.2) is 51.2 Å². The Morgan fingerprint density at radius 2 is 1.97 bits per heavy atom. The first-order chi connectivity index (χ1) is 13.8. The van der Waals surface area contributed by atoms with Crippen LogP contribution in [-0.2, 0) is 19.1 Å². The van der Waals surface area contributed by atoms with Crippen molar-refractivity contribution in [3.63, 3.8) is 0 Å². The normalized spacial score (nSPS) is 9.38. The van der Waals surface area contributed by atoms with Crippen molar-refractivity contribution in [2.75, 3.05) is 12.9 Å². The van der Waals surface area contributed by atoms with Crippen LogP contribution in [0.4, 0.5) is 0 Å². The number of aldehydes is 1. The van der Waals surface area contributed by atoms with Crippen molar-refractivity contribution in [3.8, 4) is 0 Å². The van der Waals surface area contributed by atoms with Gasteiger partial charge in [0.2, 0.25) is 5.28 Å². The van der Waals surface area contributed by atoms with Gasteiger partial charge in [-0.3, -0.25) is 9.59 Å². The zero-order valence-electron chi connectivity index (χ0n) is 14.9. The minimum atomic E-state index is -0.268. The molecule has 0 amide bonds. The van der Waals surface area contributed by atoms with Crippen LogP contribution in [0.5, 0.6) is 0 Å². The van der Waals surface area contributed by atoms with Gasteiger partial charge in [-0.2, -0.15) is 9.59 Å². The summed E-state index contributed by atoms with van der Waals surface area (Å²) in [5.41, 5.74) is 0.242. The van der Waals surface area contributed by atoms with Gasteiger partial charge in [-0.25, -0.2) is 19.9 Å². The van der Waals surface area contributed by atoms with Gasteiger partial charge in [0.25, 0.3) is 0 Å². The van der Waals surface area contributed by atoms with Crippen molar-refractivity contribution >= 4 is 74.9 Å². The number of aromatic nitrogens is 4. The fourth-order valence-corrected chi connectivity index (χ4v) is 3.53. The average Bonchev–Trinajstić information content (AvgIpc) is 3.06. The molecule has 0 radical (unpaired) electrons. The minimum Gasteiger partial charge on any atom is -0.468 e. The first-order valence-electron chi connectivity index (χ1n) is 7.39. The maximum absolute atomic E-state index is 11.0. The lowest BCUT2D eigenvalue weighted by molar-refractivity contribution is -0.191. The Hall–Kier alpha value is -2.43. The highest BCUT2D eigenvalue weighted by molar-refractivity contribution is 7.99. The quantitative estimate of drug-likeness (QED) is 0.182. The molecule has 0 aliphatic heterocycles. The molecule has 3 rings (SSSR count). The van der Waals surface area contributed by atoms with E-state index in [0.717, 1.165) is 10.2 Å². The third-order valence-electron chi connectivity index (χ3n) is 2.79. The molecule has 3 aromatic rings. The van der Waals surface area contributed by atoms with E-state index in [2.05, 4.69) is 30.7 Å². The first kappa shape index (κ1) is 24.6. The summed E-state index contributed by atoms with van der Waals surface area (Å²) in [5, 5.41) is 1.77. The highest BCUT2D eigenvalue weighted by Gasteiger charge is 2.07. The third-order valence-corrected chi connectivity index (χ3v) is 5.07. The largest absolute Gasteiger partial charge is 0.468 e. The number of halogens is 2. The number of hydrogen-bond donors (Lipinski definition) is 0. The monoisotopic (exact) mass is 474 g/mol. The van der Waals surface area contributed by atoms with Crippen molar-refractivity contribution in [2.24, 2.45) is 0 Å². The molecule has 0 aliphatic rings. The number of ether oxygens (including phenoxy) is 1. The van der Waals surface area contributed by atoms with Gasteiger partial charge in [0.1, 0.15) is 9.98 Å². The number of methoxy groups -OCH3 is 1. The average molecular weight is 475 g/mol. The lowest BCUT2D eigenvalue weighted by Crippen LogP contribution is -2.03. The van der Waals surface area contributed by atoms with E-state index in [1.165, 1.54) is 29.9 Å². The van der Waals surface area contributed by atoms with Crippen LogP contribution in [0, 0.1) is 6.92 Å². The summed E-state index contributed by atoms with van der Waals surface area (Å²) in [4.78, 5) is 55.1. The summed E-state index contributed by atoms with van der Waals surface area (Å²) in [7, 11) is 1.37. The minimum absolute atomic E-state index is 0.0376. The van der Waals surface area contributed by atoms with Crippen molar-refractivity contribution in [1.82, 2.24) is 19.9 Å². The molecule has 0 fully saturated rings. The van der Waals surface area contributed by atoms with E-state index in [1.807, 2.05) is 6.92 Å². The molecule has 0 saturated heterocycles. The fraction of sp³-hybridized carbons (Fsp3) is 0.188. The summed E-state index contributed by atoms with van der Waals surface area (Å²) in [6, 6.07) is 2.05. The Kier molecular flexibility index (Phi) is 11.0. The topological polar surface area (TPSA) is 129 Å². The lowest BCUT2D eigenvalue weighted by atomic mass is 10.4. The molecule has 0 N–H and O–H groups in total. The maximum Gasteiger partial charge on any atom is 0.373 e. The molecule has 3 aromatic heterocycles. The highest BCUT2D eigenvalue weighted by atomic mass is 35.5. The van der Waals surface area contributed by atoms with E-state index < -0.39 is 0 Å². The van der Waals surface area contributed by atoms with Crippen molar-refractivity contribution < 1.29 is 23.9 Å². The van der Waals surface area contributed by atoms with E-state index >= 15 is 0 Å². The summed E-state index contributed by atoms with van der Waals surface area (Å²) in [6.45, 7) is 2.04. The van der Waals surface area contributed by atoms with Gasteiger partial charge >= 0.3 is 12.1 Å². The van der Waals surface area contributed by atoms with E-state index in [9.17, 15) is 9.59 Å². The van der Waals surface area contributed by atoms with Crippen LogP contribution in [0.25, 0.3) is 10.2 Å². The van der Waals surface area contributed by atoms with Gasteiger partial charge in [0, 0.05) is 22.7 Å². The van der Waals surface area contributed by atoms with Crippen molar-refractivity contribution in [2.45, 2.75) is 12.1 Å². The number of nitrogens with zero attached hydrogens (tertiary/aromatic N) is 4. The molecule has 0 aromatic carbocycles. The molecule has 0 atom stereocenters. The van der Waals surface area contributed by atoms with E-state index in [1.54, 1.807) is 17.5 Å². The molecule has 13 heteroatoms. The second-order valence-corrected chi connectivity index (χ2v) is 7.59. The van der Waals surface area contributed by atoms with Crippen LogP contribution < -0.4 is 0 Å². The first-order valence-corrected chi connectivity index (χ1v) is 9.95. The molecule has 0 aliphatic carbocycles. The van der Waals surface area contributed by atoms with Crippen LogP contribution in [0.2, 0.25) is 10.4 Å². The van der Waals surface area contributed by atoms with Gasteiger partial charge in [-0.15, -0.1) is 11.3 Å². The zero-order valence-corrected chi connectivity index (χ0v) is 18.1. The molecule has 3 heterocycles. The number of thioether (sulfide) groups is 1. The predicted molar refractivity (Wildman–Crippen MR) is 107 cm³/mol. The van der Waals surface area contributed by atoms with Crippen molar-refractivity contribution in [3.05, 3.63) is 39.3 Å². The van der Waals surface area contributed by atoms with Crippen LogP contribution in [0.15, 0.2) is 23.6 Å². The summed E-state index contributed by atoms with van der Waals surface area (Å²) in [6.07, 6.45) is 3.87. The standard InChI is InChI=1S/C10H10N2O2S2.C5H2Cl2N2O.CO2/c1-6-3-7-4-11-10(12-9(7)16-6)15-5-8(13)14-2;6-4-3(2-10)1-8-5(7)9-4;2-1-3/h3-4H,5H2,1-2H3;1-2H;. The van der Waals surface area contributed by atoms with Gasteiger partial charge < -0.3 is 4.74 Å². The van der Waals surface area contributed by atoms with Gasteiger partial charge in [-0.05, 0) is 24.6 Å².